The molecule has 0 spiro atoms. The minimum atomic E-state index is 0.390. The number of hydrogen-bond acceptors (Lipinski definition) is 3. The Hall–Kier alpha value is -0.120. The van der Waals surface area contributed by atoms with Crippen molar-refractivity contribution in [2.45, 2.75) is 32.3 Å². The zero-order chi connectivity index (χ0) is 9.36. The quantitative estimate of drug-likeness (QED) is 0.407. The first-order valence-corrected chi connectivity index (χ1v) is 5.20. The lowest BCUT2D eigenvalue weighted by Crippen LogP contribution is -2.05. The molecule has 0 N–H and O–H groups in total. The Bertz CT molecular complexity index is 113. The normalized spacial score (nSPS) is 20.5. The van der Waals surface area contributed by atoms with Crippen molar-refractivity contribution in [1.29, 1.82) is 0 Å². The van der Waals surface area contributed by atoms with E-state index in [4.69, 9.17) is 14.2 Å². The Labute approximate surface area is 80.4 Å². The average molecular weight is 188 g/mol. The molecule has 3 heteroatoms. The van der Waals surface area contributed by atoms with Crippen molar-refractivity contribution in [3.8, 4) is 0 Å². The fraction of sp³-hybridized carbons (Fsp3) is 1.00. The van der Waals surface area contributed by atoms with Gasteiger partial charge in [-0.15, -0.1) is 0 Å². The van der Waals surface area contributed by atoms with Gasteiger partial charge >= 0.3 is 0 Å². The van der Waals surface area contributed by atoms with E-state index in [9.17, 15) is 0 Å². The van der Waals surface area contributed by atoms with Crippen LogP contribution < -0.4 is 0 Å². The average Bonchev–Trinajstić information content (AvgIpc) is 2.93. The van der Waals surface area contributed by atoms with E-state index in [1.54, 1.807) is 0 Å². The highest BCUT2D eigenvalue weighted by Gasteiger charge is 2.21. The van der Waals surface area contributed by atoms with Crippen molar-refractivity contribution in [1.82, 2.24) is 0 Å². The summed E-state index contributed by atoms with van der Waals surface area (Å²) >= 11 is 0. The molecule has 78 valence electrons. The summed E-state index contributed by atoms with van der Waals surface area (Å²) in [4.78, 5) is 0. The van der Waals surface area contributed by atoms with Crippen LogP contribution in [0.3, 0.4) is 0 Å². The van der Waals surface area contributed by atoms with Crippen molar-refractivity contribution in [3.05, 3.63) is 0 Å². The Morgan fingerprint density at radius 2 is 1.85 bits per heavy atom. The molecule has 0 radical (unpaired) electrons. The van der Waals surface area contributed by atoms with Crippen LogP contribution in [0.5, 0.6) is 0 Å². The first-order chi connectivity index (χ1) is 6.43. The molecule has 0 aromatic rings. The molecule has 1 saturated heterocycles. The maximum absolute atomic E-state index is 5.39. The molecule has 0 aromatic heterocycles. The number of rotatable bonds is 9. The van der Waals surface area contributed by atoms with E-state index in [2.05, 4.69) is 6.92 Å². The Kier molecular flexibility index (Phi) is 6.15. The molecule has 0 saturated carbocycles. The minimum Gasteiger partial charge on any atom is -0.381 e. The van der Waals surface area contributed by atoms with Crippen LogP contribution in [-0.4, -0.2) is 39.1 Å². The van der Waals surface area contributed by atoms with Gasteiger partial charge in [0.25, 0.3) is 0 Å². The van der Waals surface area contributed by atoms with Crippen LogP contribution in [0.1, 0.15) is 26.2 Å². The Balaban J connectivity index is 1.63. The lowest BCUT2D eigenvalue weighted by Gasteiger charge is -2.03. The van der Waals surface area contributed by atoms with Crippen LogP contribution in [0.2, 0.25) is 0 Å². The van der Waals surface area contributed by atoms with Crippen LogP contribution in [0.15, 0.2) is 0 Å². The summed E-state index contributed by atoms with van der Waals surface area (Å²) in [5, 5.41) is 0. The van der Waals surface area contributed by atoms with E-state index in [1.165, 1.54) is 6.42 Å². The summed E-state index contributed by atoms with van der Waals surface area (Å²) in [6.07, 6.45) is 3.75. The lowest BCUT2D eigenvalue weighted by molar-refractivity contribution is 0.0747. The SMILES string of the molecule is CCCCOCCCOCC1CO1. The molecule has 13 heavy (non-hydrogen) atoms. The van der Waals surface area contributed by atoms with Crippen molar-refractivity contribution in [2.75, 3.05) is 33.0 Å². The van der Waals surface area contributed by atoms with Crippen LogP contribution in [-0.2, 0) is 14.2 Å². The molecule has 1 unspecified atom stereocenters. The largest absolute Gasteiger partial charge is 0.381 e. The van der Waals surface area contributed by atoms with Crippen LogP contribution >= 0.6 is 0 Å². The van der Waals surface area contributed by atoms with Crippen LogP contribution in [0.4, 0.5) is 0 Å². The van der Waals surface area contributed by atoms with Gasteiger partial charge in [0.2, 0.25) is 0 Å². The maximum Gasteiger partial charge on any atom is 0.104 e. The highest BCUT2D eigenvalue weighted by atomic mass is 16.6. The van der Waals surface area contributed by atoms with E-state index in [-0.39, 0.29) is 0 Å². The molecule has 1 aliphatic heterocycles. The standard InChI is InChI=1S/C10H20O3/c1-2-3-5-11-6-4-7-12-8-10-9-13-10/h10H,2-9H2,1H3. The second kappa shape index (κ2) is 7.30. The number of ether oxygens (including phenoxy) is 3. The topological polar surface area (TPSA) is 31.0 Å². The molecular weight excluding hydrogens is 168 g/mol. The second-order valence-electron chi connectivity index (χ2n) is 3.35. The summed E-state index contributed by atoms with van der Waals surface area (Å²) in [6.45, 7) is 6.32. The molecule has 1 fully saturated rings. The van der Waals surface area contributed by atoms with Gasteiger partial charge in [-0.1, -0.05) is 13.3 Å². The molecule has 0 bridgehead atoms. The van der Waals surface area contributed by atoms with Gasteiger partial charge < -0.3 is 14.2 Å². The molecule has 0 amide bonds. The Morgan fingerprint density at radius 1 is 1.15 bits per heavy atom. The highest BCUT2D eigenvalue weighted by molar-refractivity contribution is 4.66. The molecule has 1 heterocycles. The van der Waals surface area contributed by atoms with E-state index >= 15 is 0 Å². The third kappa shape index (κ3) is 6.99. The summed E-state index contributed by atoms with van der Waals surface area (Å²) in [5.41, 5.74) is 0. The van der Waals surface area contributed by atoms with E-state index in [0.29, 0.717) is 6.10 Å². The lowest BCUT2D eigenvalue weighted by atomic mass is 10.4. The summed E-state index contributed by atoms with van der Waals surface area (Å²) in [5.74, 6) is 0. The van der Waals surface area contributed by atoms with Crippen LogP contribution in [0, 0.1) is 0 Å². The highest BCUT2D eigenvalue weighted by Crippen LogP contribution is 2.08. The fourth-order valence-electron chi connectivity index (χ4n) is 0.991. The zero-order valence-electron chi connectivity index (χ0n) is 8.46. The molecular formula is C10H20O3. The van der Waals surface area contributed by atoms with E-state index in [1.807, 2.05) is 0 Å². The van der Waals surface area contributed by atoms with Crippen molar-refractivity contribution >= 4 is 0 Å². The number of unbranched alkanes of at least 4 members (excludes halogenated alkanes) is 1. The summed E-state index contributed by atoms with van der Waals surface area (Å²) in [6, 6.07) is 0. The fourth-order valence-corrected chi connectivity index (χ4v) is 0.991. The first kappa shape index (κ1) is 11.0. The molecule has 0 aromatic carbocycles. The van der Waals surface area contributed by atoms with Gasteiger partial charge in [0.15, 0.2) is 0 Å². The Morgan fingerprint density at radius 3 is 2.54 bits per heavy atom. The van der Waals surface area contributed by atoms with Gasteiger partial charge in [0.05, 0.1) is 13.2 Å². The van der Waals surface area contributed by atoms with Gasteiger partial charge in [-0.2, -0.15) is 0 Å². The zero-order valence-corrected chi connectivity index (χ0v) is 8.46. The number of hydrogen-bond donors (Lipinski definition) is 0. The predicted molar refractivity (Wildman–Crippen MR) is 50.9 cm³/mol. The van der Waals surface area contributed by atoms with Crippen molar-refractivity contribution < 1.29 is 14.2 Å². The van der Waals surface area contributed by atoms with E-state index in [0.717, 1.165) is 45.9 Å². The van der Waals surface area contributed by atoms with Crippen molar-refractivity contribution in [2.24, 2.45) is 0 Å². The molecule has 1 atom stereocenters. The van der Waals surface area contributed by atoms with Crippen LogP contribution in [0.25, 0.3) is 0 Å². The van der Waals surface area contributed by atoms with Gasteiger partial charge in [-0.3, -0.25) is 0 Å². The first-order valence-electron chi connectivity index (χ1n) is 5.20. The third-order valence-electron chi connectivity index (χ3n) is 1.93. The smallest absolute Gasteiger partial charge is 0.104 e. The summed E-state index contributed by atoms with van der Waals surface area (Å²) < 4.78 is 15.8. The molecule has 3 nitrogen and oxygen atoms in total. The van der Waals surface area contributed by atoms with Gasteiger partial charge in [0, 0.05) is 19.8 Å². The molecule has 0 aliphatic carbocycles. The second-order valence-corrected chi connectivity index (χ2v) is 3.35. The summed E-state index contributed by atoms with van der Waals surface area (Å²) in [7, 11) is 0. The molecule has 1 rings (SSSR count). The van der Waals surface area contributed by atoms with Gasteiger partial charge in [-0.25, -0.2) is 0 Å². The third-order valence-corrected chi connectivity index (χ3v) is 1.93. The maximum atomic E-state index is 5.39. The van der Waals surface area contributed by atoms with Gasteiger partial charge in [-0.05, 0) is 12.8 Å². The van der Waals surface area contributed by atoms with E-state index < -0.39 is 0 Å². The minimum absolute atomic E-state index is 0.390. The monoisotopic (exact) mass is 188 g/mol. The predicted octanol–water partition coefficient (Wildman–Crippen LogP) is 1.61. The number of epoxide rings is 1. The molecule has 1 aliphatic rings. The van der Waals surface area contributed by atoms with Crippen molar-refractivity contribution in [3.63, 3.8) is 0 Å². The van der Waals surface area contributed by atoms with Gasteiger partial charge in [0.1, 0.15) is 6.10 Å².